The predicted octanol–water partition coefficient (Wildman–Crippen LogP) is 3.52. The Labute approximate surface area is 178 Å². The average Bonchev–Trinajstić information content (AvgIpc) is 3.27. The van der Waals surface area contributed by atoms with E-state index in [0.717, 1.165) is 5.56 Å². The highest BCUT2D eigenvalue weighted by atomic mass is 16.5. The fraction of sp³-hybridized carbons (Fsp3) is 0.130. The second kappa shape index (κ2) is 10.4. The molecule has 3 rings (SSSR count). The van der Waals surface area contributed by atoms with Crippen LogP contribution in [0.1, 0.15) is 28.6 Å². The van der Waals surface area contributed by atoms with Crippen LogP contribution in [0.3, 0.4) is 0 Å². The molecule has 0 aliphatic rings. The molecular weight excluding hydrogens is 398 g/mol. The van der Waals surface area contributed by atoms with Crippen LogP contribution in [-0.4, -0.2) is 31.3 Å². The van der Waals surface area contributed by atoms with Crippen molar-refractivity contribution in [2.45, 2.75) is 6.92 Å². The van der Waals surface area contributed by atoms with Crippen molar-refractivity contribution in [3.8, 4) is 23.1 Å². The summed E-state index contributed by atoms with van der Waals surface area (Å²) in [6, 6.07) is 18.7. The fourth-order valence-electron chi connectivity index (χ4n) is 2.54. The Morgan fingerprint density at radius 3 is 2.52 bits per heavy atom. The number of nitrogens with one attached hydrogen (secondary N) is 1. The lowest BCUT2D eigenvalue weighted by Crippen LogP contribution is -2.24. The lowest BCUT2D eigenvalue weighted by atomic mass is 10.1. The Balaban J connectivity index is 1.50. The Kier molecular flexibility index (Phi) is 7.16. The number of carbonyl (C=O) groups is 2. The Bertz CT molecular complexity index is 1110. The lowest BCUT2D eigenvalue weighted by Gasteiger charge is -2.04. The molecule has 0 bridgehead atoms. The van der Waals surface area contributed by atoms with Crippen LogP contribution < -0.4 is 10.2 Å². The van der Waals surface area contributed by atoms with Crippen LogP contribution >= 0.6 is 0 Å². The second-order valence-electron chi connectivity index (χ2n) is 6.22. The maximum absolute atomic E-state index is 11.8. The minimum atomic E-state index is -0.443. The van der Waals surface area contributed by atoms with Crippen LogP contribution in [0.4, 0.5) is 0 Å². The zero-order chi connectivity index (χ0) is 22.1. The van der Waals surface area contributed by atoms with Crippen molar-refractivity contribution in [3.63, 3.8) is 0 Å². The van der Waals surface area contributed by atoms with Gasteiger partial charge in [0, 0.05) is 5.56 Å². The highest BCUT2D eigenvalue weighted by Gasteiger charge is 2.08. The molecule has 0 atom stereocenters. The van der Waals surface area contributed by atoms with Gasteiger partial charge in [0.05, 0.1) is 30.0 Å². The maximum Gasteiger partial charge on any atom is 0.338 e. The molecule has 1 amide bonds. The Morgan fingerprint density at radius 2 is 1.84 bits per heavy atom. The average molecular weight is 417 g/mol. The Hall–Kier alpha value is -4.38. The van der Waals surface area contributed by atoms with Gasteiger partial charge in [-0.3, -0.25) is 4.79 Å². The number of furan rings is 1. The number of carbonyl (C=O) groups excluding carboxylic acids is 2. The van der Waals surface area contributed by atoms with Gasteiger partial charge in [0.25, 0.3) is 5.91 Å². The number of hydrogen-bond donors (Lipinski definition) is 1. The van der Waals surface area contributed by atoms with Crippen LogP contribution in [0.25, 0.3) is 11.3 Å². The molecule has 8 nitrogen and oxygen atoms in total. The minimum absolute atomic E-state index is 0.223. The molecule has 0 aliphatic carbocycles. The van der Waals surface area contributed by atoms with Gasteiger partial charge >= 0.3 is 5.97 Å². The van der Waals surface area contributed by atoms with Crippen molar-refractivity contribution >= 4 is 18.1 Å². The summed E-state index contributed by atoms with van der Waals surface area (Å²) in [6.45, 7) is 1.85. The number of benzene rings is 2. The summed E-state index contributed by atoms with van der Waals surface area (Å²) >= 11 is 0. The molecule has 0 unspecified atom stereocenters. The van der Waals surface area contributed by atoms with E-state index in [1.54, 1.807) is 67.6 Å². The Morgan fingerprint density at radius 1 is 1.10 bits per heavy atom. The number of hydrogen-bond acceptors (Lipinski definition) is 7. The third kappa shape index (κ3) is 6.05. The van der Waals surface area contributed by atoms with E-state index in [1.165, 1.54) is 6.21 Å². The van der Waals surface area contributed by atoms with Crippen LogP contribution in [0.5, 0.6) is 5.75 Å². The topological polar surface area (TPSA) is 114 Å². The third-order valence-corrected chi connectivity index (χ3v) is 4.04. The molecule has 1 heterocycles. The fourth-order valence-corrected chi connectivity index (χ4v) is 2.54. The van der Waals surface area contributed by atoms with Crippen molar-refractivity contribution in [1.82, 2.24) is 5.43 Å². The number of nitrogens with zero attached hydrogens (tertiary/aromatic N) is 2. The summed E-state index contributed by atoms with van der Waals surface area (Å²) in [5, 5.41) is 12.6. The highest BCUT2D eigenvalue weighted by molar-refractivity contribution is 5.90. The first kappa shape index (κ1) is 21.3. The number of amides is 1. The van der Waals surface area contributed by atoms with E-state index in [1.807, 2.05) is 6.07 Å². The molecule has 2 aromatic carbocycles. The van der Waals surface area contributed by atoms with Gasteiger partial charge in [-0.1, -0.05) is 12.1 Å². The quantitative estimate of drug-likeness (QED) is 0.341. The molecule has 3 aromatic rings. The molecule has 0 fully saturated rings. The predicted molar refractivity (Wildman–Crippen MR) is 112 cm³/mol. The molecule has 0 saturated carbocycles. The number of hydrazone groups is 1. The number of ether oxygens (including phenoxy) is 2. The van der Waals surface area contributed by atoms with Crippen LogP contribution in [0, 0.1) is 11.3 Å². The summed E-state index contributed by atoms with van der Waals surface area (Å²) < 4.78 is 16.0. The van der Waals surface area contributed by atoms with E-state index in [0.29, 0.717) is 35.0 Å². The molecule has 156 valence electrons. The van der Waals surface area contributed by atoms with Gasteiger partial charge in [0.2, 0.25) is 0 Å². The van der Waals surface area contributed by atoms with Gasteiger partial charge in [-0.15, -0.1) is 0 Å². The largest absolute Gasteiger partial charge is 0.484 e. The van der Waals surface area contributed by atoms with Gasteiger partial charge in [-0.25, -0.2) is 10.2 Å². The maximum atomic E-state index is 11.8. The van der Waals surface area contributed by atoms with E-state index < -0.39 is 5.91 Å². The molecule has 0 aliphatic heterocycles. The minimum Gasteiger partial charge on any atom is -0.484 e. The standard InChI is InChI=1S/C23H19N3O5/c1-2-29-23(28)18-7-5-17(6-8-18)21-12-11-20(31-21)14-25-26-22(27)15-30-19-9-3-16(13-24)4-10-19/h3-12,14H,2,15H2,1H3,(H,26,27)/b25-14-. The van der Waals surface area contributed by atoms with Gasteiger partial charge in [0.15, 0.2) is 6.61 Å². The lowest BCUT2D eigenvalue weighted by molar-refractivity contribution is -0.123. The molecule has 1 aromatic heterocycles. The highest BCUT2D eigenvalue weighted by Crippen LogP contribution is 2.22. The number of esters is 1. The summed E-state index contributed by atoms with van der Waals surface area (Å²) in [7, 11) is 0. The van der Waals surface area contributed by atoms with Crippen molar-refractivity contribution in [3.05, 3.63) is 77.6 Å². The zero-order valence-corrected chi connectivity index (χ0v) is 16.7. The van der Waals surface area contributed by atoms with Crippen molar-refractivity contribution < 1.29 is 23.5 Å². The van der Waals surface area contributed by atoms with E-state index in [9.17, 15) is 9.59 Å². The van der Waals surface area contributed by atoms with Gasteiger partial charge < -0.3 is 13.9 Å². The van der Waals surface area contributed by atoms with Crippen molar-refractivity contribution in [2.24, 2.45) is 5.10 Å². The van der Waals surface area contributed by atoms with Gasteiger partial charge in [-0.2, -0.15) is 10.4 Å². The van der Waals surface area contributed by atoms with E-state index in [-0.39, 0.29) is 12.6 Å². The van der Waals surface area contributed by atoms with Crippen LogP contribution in [0.15, 0.2) is 70.2 Å². The van der Waals surface area contributed by atoms with Crippen molar-refractivity contribution in [1.29, 1.82) is 5.26 Å². The van der Waals surface area contributed by atoms with Gasteiger partial charge in [0.1, 0.15) is 17.3 Å². The van der Waals surface area contributed by atoms with Crippen LogP contribution in [-0.2, 0) is 9.53 Å². The molecule has 31 heavy (non-hydrogen) atoms. The third-order valence-electron chi connectivity index (χ3n) is 4.04. The molecule has 8 heteroatoms. The van der Waals surface area contributed by atoms with E-state index >= 15 is 0 Å². The SMILES string of the molecule is CCOC(=O)c1ccc(-c2ccc(/C=N\NC(=O)COc3ccc(C#N)cc3)o2)cc1. The number of rotatable bonds is 8. The summed E-state index contributed by atoms with van der Waals surface area (Å²) in [4.78, 5) is 23.5. The number of nitriles is 1. The van der Waals surface area contributed by atoms with Crippen LogP contribution in [0.2, 0.25) is 0 Å². The summed E-state index contributed by atoms with van der Waals surface area (Å²) in [5.74, 6) is 0.690. The van der Waals surface area contributed by atoms with E-state index in [2.05, 4.69) is 10.5 Å². The second-order valence-corrected chi connectivity index (χ2v) is 6.22. The molecule has 0 radical (unpaired) electrons. The smallest absolute Gasteiger partial charge is 0.338 e. The first-order chi connectivity index (χ1) is 15.1. The first-order valence-corrected chi connectivity index (χ1v) is 9.41. The van der Waals surface area contributed by atoms with E-state index in [4.69, 9.17) is 19.2 Å². The summed E-state index contributed by atoms with van der Waals surface area (Å²) in [5.41, 5.74) is 4.10. The van der Waals surface area contributed by atoms with Crippen molar-refractivity contribution in [2.75, 3.05) is 13.2 Å². The monoisotopic (exact) mass is 417 g/mol. The summed E-state index contributed by atoms with van der Waals surface area (Å²) in [6.07, 6.45) is 1.37. The molecule has 0 saturated heterocycles. The van der Waals surface area contributed by atoms with Gasteiger partial charge in [-0.05, 0) is 55.5 Å². The first-order valence-electron chi connectivity index (χ1n) is 9.41. The molecule has 0 spiro atoms. The molecular formula is C23H19N3O5. The zero-order valence-electron chi connectivity index (χ0n) is 16.7. The normalized spacial score (nSPS) is 10.5. The molecule has 1 N–H and O–H groups in total.